The second-order valence-corrected chi connectivity index (χ2v) is 6.34. The van der Waals surface area contributed by atoms with E-state index >= 15 is 0 Å². The Morgan fingerprint density at radius 3 is 3.00 bits per heavy atom. The molecule has 1 aliphatic rings. The van der Waals surface area contributed by atoms with Gasteiger partial charge >= 0.3 is 0 Å². The summed E-state index contributed by atoms with van der Waals surface area (Å²) in [5.74, 6) is 1.09. The van der Waals surface area contributed by atoms with Crippen LogP contribution in [0.4, 0.5) is 0 Å². The number of rotatable bonds is 3. The Morgan fingerprint density at radius 2 is 2.18 bits per heavy atom. The lowest BCUT2D eigenvalue weighted by Crippen LogP contribution is -2.34. The van der Waals surface area contributed by atoms with Crippen molar-refractivity contribution in [2.45, 2.75) is 32.9 Å². The third-order valence-corrected chi connectivity index (χ3v) is 4.82. The first-order valence-electron chi connectivity index (χ1n) is 8.02. The largest absolute Gasteiger partial charge is 0.358 e. The second-order valence-electron chi connectivity index (χ2n) is 6.34. The van der Waals surface area contributed by atoms with Crippen molar-refractivity contribution >= 4 is 10.9 Å². The topological polar surface area (TPSA) is 36.9 Å². The molecule has 1 aliphatic heterocycles. The minimum Gasteiger partial charge on any atom is -0.358 e. The van der Waals surface area contributed by atoms with Crippen LogP contribution in [0.2, 0.25) is 0 Å². The van der Waals surface area contributed by atoms with Gasteiger partial charge in [-0.3, -0.25) is 4.90 Å². The quantitative estimate of drug-likeness (QED) is 0.805. The van der Waals surface area contributed by atoms with Crippen molar-refractivity contribution in [1.82, 2.24) is 19.4 Å². The Balaban J connectivity index is 1.55. The van der Waals surface area contributed by atoms with Crippen molar-refractivity contribution in [3.63, 3.8) is 0 Å². The number of aromatic nitrogens is 3. The molecule has 3 aromatic rings. The summed E-state index contributed by atoms with van der Waals surface area (Å²) in [5, 5.41) is 1.38. The van der Waals surface area contributed by atoms with Gasteiger partial charge < -0.3 is 9.55 Å². The molecule has 4 heteroatoms. The average Bonchev–Trinajstić information content (AvgIpc) is 3.10. The van der Waals surface area contributed by atoms with Crippen molar-refractivity contribution in [1.29, 1.82) is 0 Å². The van der Waals surface area contributed by atoms with Gasteiger partial charge in [0.05, 0.1) is 0 Å². The Kier molecular flexibility index (Phi) is 3.26. The molecule has 0 amide bonds. The molecule has 1 aromatic carbocycles. The van der Waals surface area contributed by atoms with Crippen molar-refractivity contribution in [3.05, 3.63) is 53.7 Å². The van der Waals surface area contributed by atoms with Crippen molar-refractivity contribution in [2.24, 2.45) is 0 Å². The predicted octanol–water partition coefficient (Wildman–Crippen LogP) is 3.29. The van der Waals surface area contributed by atoms with Crippen LogP contribution in [-0.2, 0) is 13.0 Å². The number of hydrogen-bond acceptors (Lipinski definition) is 2. The summed E-state index contributed by atoms with van der Waals surface area (Å²) in [7, 11) is 0. The fourth-order valence-electron chi connectivity index (χ4n) is 3.69. The molecule has 22 heavy (non-hydrogen) atoms. The second kappa shape index (κ2) is 5.29. The fraction of sp³-hybridized carbons (Fsp3) is 0.389. The van der Waals surface area contributed by atoms with E-state index in [-0.39, 0.29) is 0 Å². The van der Waals surface area contributed by atoms with Gasteiger partial charge in [-0.25, -0.2) is 4.98 Å². The SMILES string of the molecule is Cc1nccn1C(C)CN1CCc2[nH]c3ccccc3c2C1. The van der Waals surface area contributed by atoms with E-state index in [0.29, 0.717) is 6.04 Å². The number of H-pyrrole nitrogens is 1. The Morgan fingerprint density at radius 1 is 1.32 bits per heavy atom. The number of aryl methyl sites for hydroxylation is 1. The van der Waals surface area contributed by atoms with Crippen molar-refractivity contribution in [3.8, 4) is 0 Å². The average molecular weight is 294 g/mol. The summed E-state index contributed by atoms with van der Waals surface area (Å²) >= 11 is 0. The Bertz CT molecular complexity index is 798. The molecule has 4 rings (SSSR count). The van der Waals surface area contributed by atoms with Crippen LogP contribution in [0.1, 0.15) is 30.0 Å². The highest BCUT2D eigenvalue weighted by atomic mass is 15.2. The molecule has 1 atom stereocenters. The Hall–Kier alpha value is -2.07. The summed E-state index contributed by atoms with van der Waals surface area (Å²) in [6.45, 7) is 7.58. The van der Waals surface area contributed by atoms with Gasteiger partial charge in [0.1, 0.15) is 5.82 Å². The van der Waals surface area contributed by atoms with E-state index in [1.807, 2.05) is 6.20 Å². The highest BCUT2D eigenvalue weighted by Crippen LogP contribution is 2.28. The zero-order valence-corrected chi connectivity index (χ0v) is 13.2. The highest BCUT2D eigenvalue weighted by Gasteiger charge is 2.22. The summed E-state index contributed by atoms with van der Waals surface area (Å²) in [6, 6.07) is 9.10. The lowest BCUT2D eigenvalue weighted by atomic mass is 10.0. The zero-order valence-electron chi connectivity index (χ0n) is 13.2. The van der Waals surface area contributed by atoms with E-state index in [0.717, 1.165) is 31.9 Å². The fourth-order valence-corrected chi connectivity index (χ4v) is 3.69. The molecule has 0 spiro atoms. The lowest BCUT2D eigenvalue weighted by molar-refractivity contribution is 0.220. The molecule has 1 unspecified atom stereocenters. The number of aromatic amines is 1. The molecule has 0 saturated heterocycles. The van der Waals surface area contributed by atoms with E-state index < -0.39 is 0 Å². The third kappa shape index (κ3) is 2.24. The van der Waals surface area contributed by atoms with Crippen molar-refractivity contribution < 1.29 is 0 Å². The van der Waals surface area contributed by atoms with Crippen LogP contribution in [0, 0.1) is 6.92 Å². The van der Waals surface area contributed by atoms with E-state index in [9.17, 15) is 0 Å². The number of para-hydroxylation sites is 1. The molecule has 2 aromatic heterocycles. The molecule has 0 fully saturated rings. The van der Waals surface area contributed by atoms with Gasteiger partial charge in [-0.05, 0) is 25.5 Å². The first-order valence-corrected chi connectivity index (χ1v) is 8.02. The number of nitrogens with one attached hydrogen (secondary N) is 1. The number of fused-ring (bicyclic) bond motifs is 3. The zero-order chi connectivity index (χ0) is 15.1. The number of benzene rings is 1. The first-order chi connectivity index (χ1) is 10.7. The molecule has 3 heterocycles. The maximum Gasteiger partial charge on any atom is 0.105 e. The normalized spacial score (nSPS) is 16.8. The standard InChI is InChI=1S/C18H22N4/c1-13(22-10-8-19-14(22)2)11-21-9-7-18-16(12-21)15-5-3-4-6-17(15)20-18/h3-6,8,10,13,20H,7,9,11-12H2,1-2H3. The summed E-state index contributed by atoms with van der Waals surface area (Å²) < 4.78 is 2.27. The maximum atomic E-state index is 4.34. The molecule has 0 radical (unpaired) electrons. The van der Waals surface area contributed by atoms with Crippen LogP contribution in [-0.4, -0.2) is 32.5 Å². The van der Waals surface area contributed by atoms with Gasteiger partial charge in [0.25, 0.3) is 0 Å². The summed E-state index contributed by atoms with van der Waals surface area (Å²) in [5.41, 5.74) is 4.17. The van der Waals surface area contributed by atoms with Crippen LogP contribution in [0.5, 0.6) is 0 Å². The highest BCUT2D eigenvalue weighted by molar-refractivity contribution is 5.84. The van der Waals surface area contributed by atoms with Gasteiger partial charge in [0.15, 0.2) is 0 Å². The molecule has 0 saturated carbocycles. The van der Waals surface area contributed by atoms with Gasteiger partial charge in [0.2, 0.25) is 0 Å². The van der Waals surface area contributed by atoms with Crippen LogP contribution in [0.25, 0.3) is 10.9 Å². The first kappa shape index (κ1) is 13.6. The van der Waals surface area contributed by atoms with Gasteiger partial charge in [-0.1, -0.05) is 18.2 Å². The van der Waals surface area contributed by atoms with Gasteiger partial charge in [-0.15, -0.1) is 0 Å². The van der Waals surface area contributed by atoms with Crippen LogP contribution in [0.3, 0.4) is 0 Å². The van der Waals surface area contributed by atoms with E-state index in [1.54, 1.807) is 0 Å². The van der Waals surface area contributed by atoms with E-state index in [4.69, 9.17) is 0 Å². The molecular weight excluding hydrogens is 272 g/mol. The Labute approximate surface area is 130 Å². The minimum atomic E-state index is 0.453. The minimum absolute atomic E-state index is 0.453. The summed E-state index contributed by atoms with van der Waals surface area (Å²) in [6.07, 6.45) is 5.08. The van der Waals surface area contributed by atoms with Gasteiger partial charge in [0, 0.05) is 61.1 Å². The van der Waals surface area contributed by atoms with E-state index in [1.165, 1.54) is 22.2 Å². The maximum absolute atomic E-state index is 4.34. The molecule has 0 bridgehead atoms. The predicted molar refractivity (Wildman–Crippen MR) is 89.0 cm³/mol. The van der Waals surface area contributed by atoms with Crippen LogP contribution in [0.15, 0.2) is 36.7 Å². The van der Waals surface area contributed by atoms with Crippen LogP contribution < -0.4 is 0 Å². The summed E-state index contributed by atoms with van der Waals surface area (Å²) in [4.78, 5) is 10.5. The van der Waals surface area contributed by atoms with E-state index in [2.05, 4.69) is 63.7 Å². The number of imidazole rings is 1. The third-order valence-electron chi connectivity index (χ3n) is 4.82. The van der Waals surface area contributed by atoms with Gasteiger partial charge in [-0.2, -0.15) is 0 Å². The lowest BCUT2D eigenvalue weighted by Gasteiger charge is -2.30. The molecular formula is C18H22N4. The molecule has 1 N–H and O–H groups in total. The van der Waals surface area contributed by atoms with Crippen LogP contribution >= 0.6 is 0 Å². The molecule has 0 aliphatic carbocycles. The van der Waals surface area contributed by atoms with Crippen molar-refractivity contribution in [2.75, 3.05) is 13.1 Å². The smallest absolute Gasteiger partial charge is 0.105 e. The molecule has 114 valence electrons. The number of hydrogen-bond donors (Lipinski definition) is 1. The number of nitrogens with zero attached hydrogens (tertiary/aromatic N) is 3. The monoisotopic (exact) mass is 294 g/mol. The molecule has 4 nitrogen and oxygen atoms in total.